The number of hydrogen-bond acceptors (Lipinski definition) is 3. The maximum atomic E-state index is 11.1. The monoisotopic (exact) mass is 296 g/mol. The summed E-state index contributed by atoms with van der Waals surface area (Å²) in [6.45, 7) is 3.42. The molecule has 2 bridgehead atoms. The van der Waals surface area contributed by atoms with Gasteiger partial charge in [0.1, 0.15) is 0 Å². The van der Waals surface area contributed by atoms with Gasteiger partial charge in [0, 0.05) is 23.7 Å². The van der Waals surface area contributed by atoms with Crippen LogP contribution in [0.4, 0.5) is 0 Å². The summed E-state index contributed by atoms with van der Waals surface area (Å²) in [6, 6.07) is 11.1. The van der Waals surface area contributed by atoms with Crippen molar-refractivity contribution in [3.05, 3.63) is 42.1 Å². The summed E-state index contributed by atoms with van der Waals surface area (Å²) in [7, 11) is 0. The second-order valence-corrected chi connectivity index (χ2v) is 6.86. The van der Waals surface area contributed by atoms with Crippen molar-refractivity contribution in [1.82, 2.24) is 9.88 Å². The fraction of sp³-hybridized carbons (Fsp3) is 0.526. The summed E-state index contributed by atoms with van der Waals surface area (Å²) >= 11 is 0. The molecule has 3 heteroatoms. The molecule has 0 spiro atoms. The Labute approximate surface area is 132 Å². The summed E-state index contributed by atoms with van der Waals surface area (Å²) in [6.07, 6.45) is 6.36. The average Bonchev–Trinajstić information content (AvgIpc) is 2.60. The molecule has 22 heavy (non-hydrogen) atoms. The average molecular weight is 296 g/mol. The molecule has 1 aromatic heterocycles. The number of aliphatic hydroxyl groups excluding tert-OH is 1. The normalized spacial score (nSPS) is 32.3. The first-order valence-corrected chi connectivity index (χ1v) is 8.55. The predicted octanol–water partition coefficient (Wildman–Crippen LogP) is 3.53. The van der Waals surface area contributed by atoms with Gasteiger partial charge in [0.05, 0.1) is 11.6 Å². The molecule has 0 amide bonds. The van der Waals surface area contributed by atoms with E-state index in [2.05, 4.69) is 22.9 Å². The molecule has 0 saturated carbocycles. The number of pyridine rings is 1. The lowest BCUT2D eigenvalue weighted by Crippen LogP contribution is -2.56. The molecule has 5 rings (SSSR count). The highest BCUT2D eigenvalue weighted by atomic mass is 16.3. The summed E-state index contributed by atoms with van der Waals surface area (Å²) in [5.41, 5.74) is 2.01. The Kier molecular flexibility index (Phi) is 3.63. The van der Waals surface area contributed by atoms with Gasteiger partial charge in [-0.3, -0.25) is 9.88 Å². The minimum atomic E-state index is -0.412. The third-order valence-corrected chi connectivity index (χ3v) is 5.71. The van der Waals surface area contributed by atoms with Gasteiger partial charge in [-0.15, -0.1) is 0 Å². The van der Waals surface area contributed by atoms with Crippen LogP contribution in [0.3, 0.4) is 0 Å². The number of fused-ring (bicyclic) bond motifs is 4. The van der Waals surface area contributed by atoms with Gasteiger partial charge in [-0.2, -0.15) is 0 Å². The van der Waals surface area contributed by atoms with Crippen molar-refractivity contribution in [2.45, 2.75) is 50.8 Å². The van der Waals surface area contributed by atoms with E-state index in [9.17, 15) is 5.11 Å². The lowest BCUT2D eigenvalue weighted by Gasteiger charge is -2.52. The topological polar surface area (TPSA) is 36.4 Å². The third kappa shape index (κ3) is 2.24. The van der Waals surface area contributed by atoms with Crippen LogP contribution in [0.15, 0.2) is 36.5 Å². The summed E-state index contributed by atoms with van der Waals surface area (Å²) in [5.74, 6) is 0.794. The minimum absolute atomic E-state index is 0.267. The van der Waals surface area contributed by atoms with E-state index in [0.29, 0.717) is 6.04 Å². The fourth-order valence-corrected chi connectivity index (χ4v) is 4.57. The molecule has 0 radical (unpaired) electrons. The van der Waals surface area contributed by atoms with E-state index in [1.165, 1.54) is 19.3 Å². The van der Waals surface area contributed by atoms with Crippen molar-refractivity contribution in [1.29, 1.82) is 0 Å². The number of hydrogen-bond donors (Lipinski definition) is 1. The van der Waals surface area contributed by atoms with Crippen LogP contribution in [0, 0.1) is 5.92 Å². The zero-order chi connectivity index (χ0) is 15.1. The second-order valence-electron chi connectivity index (χ2n) is 6.86. The number of nitrogens with zero attached hydrogens (tertiary/aromatic N) is 2. The fourth-order valence-electron chi connectivity index (χ4n) is 4.57. The van der Waals surface area contributed by atoms with E-state index in [0.717, 1.165) is 35.3 Å². The van der Waals surface area contributed by atoms with Gasteiger partial charge in [-0.05, 0) is 55.8 Å². The molecule has 2 aromatic rings. The van der Waals surface area contributed by atoms with Crippen LogP contribution in [0.25, 0.3) is 10.9 Å². The van der Waals surface area contributed by atoms with E-state index < -0.39 is 6.10 Å². The first kappa shape index (κ1) is 14.2. The molecule has 0 aliphatic carbocycles. The van der Waals surface area contributed by atoms with Crippen LogP contribution in [0.2, 0.25) is 0 Å². The van der Waals surface area contributed by atoms with Crippen molar-refractivity contribution in [3.8, 4) is 0 Å². The minimum Gasteiger partial charge on any atom is -0.387 e. The van der Waals surface area contributed by atoms with Crippen molar-refractivity contribution < 1.29 is 5.11 Å². The largest absolute Gasteiger partial charge is 0.387 e. The van der Waals surface area contributed by atoms with Crippen molar-refractivity contribution >= 4 is 10.9 Å². The zero-order valence-corrected chi connectivity index (χ0v) is 13.2. The standard InChI is InChI=1S/C19H24N2O/c1-2-14-11-13-8-10-21(14)18(12-13)19(22)16-7-9-20-17-6-4-3-5-15(16)17/h3-7,9,13-14,18-19,22H,2,8,10-12H2,1H3/t13-,14-,18-,19+/m1/s1. The first-order valence-electron chi connectivity index (χ1n) is 8.55. The lowest BCUT2D eigenvalue weighted by molar-refractivity contribution is -0.0616. The molecule has 1 unspecified atom stereocenters. The Morgan fingerprint density at radius 1 is 1.27 bits per heavy atom. The van der Waals surface area contributed by atoms with Gasteiger partial charge in [-0.1, -0.05) is 25.1 Å². The van der Waals surface area contributed by atoms with E-state index in [1.807, 2.05) is 30.5 Å². The Bertz CT molecular complexity index is 666. The summed E-state index contributed by atoms with van der Waals surface area (Å²) in [5, 5.41) is 12.2. The second kappa shape index (κ2) is 5.64. The summed E-state index contributed by atoms with van der Waals surface area (Å²) < 4.78 is 0. The molecule has 4 heterocycles. The Hall–Kier alpha value is -1.45. The number of benzene rings is 1. The Morgan fingerprint density at radius 3 is 2.95 bits per heavy atom. The highest BCUT2D eigenvalue weighted by Crippen LogP contribution is 2.42. The molecule has 3 nitrogen and oxygen atoms in total. The van der Waals surface area contributed by atoms with Gasteiger partial charge in [0.25, 0.3) is 0 Å². The molecule has 1 N–H and O–H groups in total. The molecule has 3 aliphatic rings. The van der Waals surface area contributed by atoms with Crippen LogP contribution in [0.1, 0.15) is 44.3 Å². The van der Waals surface area contributed by atoms with E-state index in [4.69, 9.17) is 0 Å². The number of para-hydroxylation sites is 1. The van der Waals surface area contributed by atoms with Crippen molar-refractivity contribution in [3.63, 3.8) is 0 Å². The molecule has 116 valence electrons. The first-order chi connectivity index (χ1) is 10.8. The highest BCUT2D eigenvalue weighted by molar-refractivity contribution is 5.82. The lowest BCUT2D eigenvalue weighted by atomic mass is 9.75. The van der Waals surface area contributed by atoms with Crippen molar-refractivity contribution in [2.75, 3.05) is 6.54 Å². The third-order valence-electron chi connectivity index (χ3n) is 5.71. The smallest absolute Gasteiger partial charge is 0.0952 e. The van der Waals surface area contributed by atoms with Gasteiger partial charge in [-0.25, -0.2) is 0 Å². The highest BCUT2D eigenvalue weighted by Gasteiger charge is 2.42. The Balaban J connectivity index is 1.70. The van der Waals surface area contributed by atoms with E-state index >= 15 is 0 Å². The predicted molar refractivity (Wildman–Crippen MR) is 88.6 cm³/mol. The molecule has 3 aliphatic heterocycles. The molecule has 5 atom stereocenters. The van der Waals surface area contributed by atoms with Crippen LogP contribution in [-0.2, 0) is 0 Å². The molecule has 3 saturated heterocycles. The maximum absolute atomic E-state index is 11.1. The molecule has 3 fully saturated rings. The van der Waals surface area contributed by atoms with Gasteiger partial charge in [0.15, 0.2) is 0 Å². The molecular formula is C19H24N2O. The van der Waals surface area contributed by atoms with Gasteiger partial charge < -0.3 is 5.11 Å². The van der Waals surface area contributed by atoms with Crippen LogP contribution in [0.5, 0.6) is 0 Å². The number of aliphatic hydroxyl groups is 1. The van der Waals surface area contributed by atoms with Crippen LogP contribution in [-0.4, -0.2) is 33.6 Å². The summed E-state index contributed by atoms with van der Waals surface area (Å²) in [4.78, 5) is 6.99. The van der Waals surface area contributed by atoms with E-state index in [1.54, 1.807) is 0 Å². The van der Waals surface area contributed by atoms with E-state index in [-0.39, 0.29) is 6.04 Å². The maximum Gasteiger partial charge on any atom is 0.0952 e. The van der Waals surface area contributed by atoms with Crippen molar-refractivity contribution in [2.24, 2.45) is 5.92 Å². The van der Waals surface area contributed by atoms with Crippen LogP contribution >= 0.6 is 0 Å². The number of aromatic nitrogens is 1. The zero-order valence-electron chi connectivity index (χ0n) is 13.2. The number of piperidine rings is 3. The van der Waals surface area contributed by atoms with Crippen LogP contribution < -0.4 is 0 Å². The van der Waals surface area contributed by atoms with Gasteiger partial charge >= 0.3 is 0 Å². The Morgan fingerprint density at radius 2 is 2.14 bits per heavy atom. The molecular weight excluding hydrogens is 272 g/mol. The molecule has 1 aromatic carbocycles. The van der Waals surface area contributed by atoms with Gasteiger partial charge in [0.2, 0.25) is 0 Å². The SMILES string of the molecule is CC[C@@H]1C[C@H]2CCN1[C@@H]([C@@H](O)c1ccnc3ccccc13)C2. The number of rotatable bonds is 3. The quantitative estimate of drug-likeness (QED) is 0.941.